The molecule has 0 fully saturated rings. The highest BCUT2D eigenvalue weighted by Crippen LogP contribution is 2.41. The lowest BCUT2D eigenvalue weighted by atomic mass is 10.1. The predicted molar refractivity (Wildman–Crippen MR) is 139 cm³/mol. The molecule has 0 saturated heterocycles. The first-order valence-corrected chi connectivity index (χ1v) is 11.4. The Labute approximate surface area is 187 Å². The van der Waals surface area contributed by atoms with Crippen LogP contribution in [0.3, 0.4) is 0 Å². The van der Waals surface area contributed by atoms with Gasteiger partial charge in [0.15, 0.2) is 0 Å². The van der Waals surface area contributed by atoms with Gasteiger partial charge in [0.2, 0.25) is 0 Å². The number of hydrogen-bond donors (Lipinski definition) is 1. The number of rotatable bonds is 0. The van der Waals surface area contributed by atoms with Gasteiger partial charge in [0.25, 0.3) is 0 Å². The van der Waals surface area contributed by atoms with Gasteiger partial charge in [-0.2, -0.15) is 0 Å². The number of nitrogens with zero attached hydrogens (tertiary/aromatic N) is 2. The van der Waals surface area contributed by atoms with Crippen LogP contribution in [0.25, 0.3) is 76.5 Å². The zero-order chi connectivity index (χ0) is 21.3. The quantitative estimate of drug-likeness (QED) is 0.242. The number of hydrogen-bond acceptors (Lipinski definition) is 0. The van der Waals surface area contributed by atoms with Crippen LogP contribution in [0.15, 0.2) is 97.1 Å². The largest absolute Gasteiger partial charge is 0.354 e. The van der Waals surface area contributed by atoms with E-state index in [9.17, 15) is 0 Å². The number of nitrogens with one attached hydrogen (secondary N) is 1. The van der Waals surface area contributed by atoms with Crippen LogP contribution in [0, 0.1) is 0 Å². The van der Waals surface area contributed by atoms with Gasteiger partial charge < -0.3 is 13.8 Å². The van der Waals surface area contributed by atoms with E-state index < -0.39 is 0 Å². The molecule has 33 heavy (non-hydrogen) atoms. The van der Waals surface area contributed by atoms with Crippen LogP contribution in [-0.4, -0.2) is 13.8 Å². The molecule has 3 heteroatoms. The molecule has 4 aromatic heterocycles. The number of H-pyrrole nitrogens is 1. The molecule has 0 saturated carbocycles. The Morgan fingerprint density at radius 2 is 1.00 bits per heavy atom. The van der Waals surface area contributed by atoms with Gasteiger partial charge in [0.05, 0.1) is 33.1 Å². The van der Waals surface area contributed by atoms with Crippen molar-refractivity contribution in [3.63, 3.8) is 0 Å². The first-order valence-electron chi connectivity index (χ1n) is 11.4. The Hall–Kier alpha value is -4.50. The minimum atomic E-state index is 1.18. The van der Waals surface area contributed by atoms with E-state index in [0.29, 0.717) is 0 Å². The van der Waals surface area contributed by atoms with Crippen molar-refractivity contribution in [3.8, 4) is 0 Å². The molecular formula is C30H17N3. The second-order valence-electron chi connectivity index (χ2n) is 9.12. The Bertz CT molecular complexity index is 2240. The Morgan fingerprint density at radius 1 is 0.394 bits per heavy atom. The van der Waals surface area contributed by atoms with Crippen molar-refractivity contribution in [2.45, 2.75) is 0 Å². The van der Waals surface area contributed by atoms with E-state index in [-0.39, 0.29) is 0 Å². The van der Waals surface area contributed by atoms with Crippen molar-refractivity contribution >= 4 is 76.5 Å². The summed E-state index contributed by atoms with van der Waals surface area (Å²) in [6, 6.07) is 35.5. The van der Waals surface area contributed by atoms with Crippen molar-refractivity contribution in [1.29, 1.82) is 0 Å². The number of aromatic amines is 1. The average Bonchev–Trinajstić information content (AvgIpc) is 3.50. The van der Waals surface area contributed by atoms with Gasteiger partial charge in [0.1, 0.15) is 0 Å². The molecule has 0 radical (unpaired) electrons. The Morgan fingerprint density at radius 3 is 1.82 bits per heavy atom. The summed E-state index contributed by atoms with van der Waals surface area (Å²) in [5.41, 5.74) is 9.95. The van der Waals surface area contributed by atoms with E-state index in [1.807, 2.05) is 0 Å². The summed E-state index contributed by atoms with van der Waals surface area (Å²) in [7, 11) is 0. The van der Waals surface area contributed by atoms with E-state index in [4.69, 9.17) is 0 Å². The maximum Gasteiger partial charge on any atom is 0.0783 e. The Balaban J connectivity index is 1.65. The lowest BCUT2D eigenvalue weighted by Crippen LogP contribution is -1.96. The molecule has 0 aliphatic carbocycles. The maximum absolute atomic E-state index is 3.65. The van der Waals surface area contributed by atoms with Gasteiger partial charge in [-0.25, -0.2) is 0 Å². The lowest BCUT2D eigenvalue weighted by Gasteiger charge is -2.11. The summed E-state index contributed by atoms with van der Waals surface area (Å²) in [6.45, 7) is 0. The first kappa shape index (κ1) is 16.2. The summed E-state index contributed by atoms with van der Waals surface area (Å²) >= 11 is 0. The summed E-state index contributed by atoms with van der Waals surface area (Å²) in [5.74, 6) is 0. The molecule has 5 aromatic carbocycles. The summed E-state index contributed by atoms with van der Waals surface area (Å²) in [6.07, 6.45) is 0. The molecule has 4 heterocycles. The highest BCUT2D eigenvalue weighted by molar-refractivity contribution is 6.24. The van der Waals surface area contributed by atoms with Gasteiger partial charge in [0, 0.05) is 43.4 Å². The van der Waals surface area contributed by atoms with E-state index in [1.54, 1.807) is 0 Å². The fraction of sp³-hybridized carbons (Fsp3) is 0. The SMILES string of the molecule is c1ccc2c(c1)[nH]c1cc3c(cc12)c1cccc2c1n3c1cccc3c4ccccc4n2c31. The van der Waals surface area contributed by atoms with Gasteiger partial charge in [-0.3, -0.25) is 0 Å². The summed E-state index contributed by atoms with van der Waals surface area (Å²) < 4.78 is 4.94. The third kappa shape index (κ3) is 1.74. The number of benzene rings is 5. The topological polar surface area (TPSA) is 24.6 Å². The molecule has 0 aliphatic heterocycles. The average molecular weight is 419 g/mol. The molecule has 9 rings (SSSR count). The molecule has 0 spiro atoms. The van der Waals surface area contributed by atoms with Crippen molar-refractivity contribution in [1.82, 2.24) is 13.8 Å². The molecule has 0 aliphatic rings. The zero-order valence-electron chi connectivity index (χ0n) is 17.6. The van der Waals surface area contributed by atoms with E-state index in [2.05, 4.69) is 111 Å². The van der Waals surface area contributed by atoms with E-state index in [1.165, 1.54) is 76.5 Å². The smallest absolute Gasteiger partial charge is 0.0783 e. The predicted octanol–water partition coefficient (Wildman–Crippen LogP) is 7.88. The van der Waals surface area contributed by atoms with Crippen LogP contribution < -0.4 is 0 Å². The van der Waals surface area contributed by atoms with Crippen molar-refractivity contribution in [2.75, 3.05) is 0 Å². The minimum Gasteiger partial charge on any atom is -0.354 e. The summed E-state index contributed by atoms with van der Waals surface area (Å²) in [4.78, 5) is 3.65. The third-order valence-electron chi connectivity index (χ3n) is 7.55. The molecular weight excluding hydrogens is 402 g/mol. The highest BCUT2D eigenvalue weighted by atomic mass is 15.0. The van der Waals surface area contributed by atoms with Crippen LogP contribution in [0.2, 0.25) is 0 Å². The van der Waals surface area contributed by atoms with Gasteiger partial charge in [-0.05, 0) is 36.4 Å². The van der Waals surface area contributed by atoms with Crippen LogP contribution in [-0.2, 0) is 0 Å². The molecule has 3 nitrogen and oxygen atoms in total. The fourth-order valence-corrected chi connectivity index (χ4v) is 6.25. The number of para-hydroxylation sites is 4. The van der Waals surface area contributed by atoms with Gasteiger partial charge >= 0.3 is 0 Å². The standard InChI is InChI=1S/C30H17N3/c1-3-11-23-17(7-1)21-15-22-20-10-6-13-26-30(20)33(28(22)16-24(21)31-23)27-14-5-9-19-18-8-2-4-12-25(18)32(26)29(19)27/h1-16,31H. The van der Waals surface area contributed by atoms with Gasteiger partial charge in [-0.1, -0.05) is 60.7 Å². The zero-order valence-corrected chi connectivity index (χ0v) is 17.6. The fourth-order valence-electron chi connectivity index (χ4n) is 6.25. The van der Waals surface area contributed by atoms with Crippen molar-refractivity contribution in [2.24, 2.45) is 0 Å². The van der Waals surface area contributed by atoms with E-state index in [0.717, 1.165) is 0 Å². The van der Waals surface area contributed by atoms with E-state index >= 15 is 0 Å². The van der Waals surface area contributed by atoms with Crippen LogP contribution in [0.4, 0.5) is 0 Å². The summed E-state index contributed by atoms with van der Waals surface area (Å²) in [5, 5.41) is 7.77. The molecule has 0 bridgehead atoms. The van der Waals surface area contributed by atoms with Gasteiger partial charge in [-0.15, -0.1) is 0 Å². The Kier molecular flexibility index (Phi) is 2.59. The monoisotopic (exact) mass is 419 g/mol. The second-order valence-corrected chi connectivity index (χ2v) is 9.12. The van der Waals surface area contributed by atoms with Crippen molar-refractivity contribution < 1.29 is 0 Å². The number of fused-ring (bicyclic) bond motifs is 11. The molecule has 0 atom stereocenters. The molecule has 0 unspecified atom stereocenters. The molecule has 1 N–H and O–H groups in total. The normalized spacial score (nSPS) is 12.8. The van der Waals surface area contributed by atoms with Crippen LogP contribution >= 0.6 is 0 Å². The third-order valence-corrected chi connectivity index (χ3v) is 7.55. The van der Waals surface area contributed by atoms with Crippen LogP contribution in [0.5, 0.6) is 0 Å². The minimum absolute atomic E-state index is 1.18. The first-order chi connectivity index (χ1) is 16.4. The molecule has 152 valence electrons. The number of aromatic nitrogens is 3. The second kappa shape index (κ2) is 5.28. The van der Waals surface area contributed by atoms with Crippen LogP contribution in [0.1, 0.15) is 0 Å². The molecule has 9 aromatic rings. The lowest BCUT2D eigenvalue weighted by molar-refractivity contribution is 1.26. The molecule has 0 amide bonds. The van der Waals surface area contributed by atoms with Crippen molar-refractivity contribution in [3.05, 3.63) is 97.1 Å². The highest BCUT2D eigenvalue weighted by Gasteiger charge is 2.21. The maximum atomic E-state index is 3.65.